The van der Waals surface area contributed by atoms with Gasteiger partial charge in [-0.15, -0.1) is 11.8 Å². The van der Waals surface area contributed by atoms with Crippen LogP contribution in [0.25, 0.3) is 11.4 Å². The Morgan fingerprint density at radius 3 is 2.47 bits per heavy atom. The minimum absolute atomic E-state index is 0.0309. The average molecular weight is 531 g/mol. The van der Waals surface area contributed by atoms with Crippen molar-refractivity contribution in [3.63, 3.8) is 0 Å². The van der Waals surface area contributed by atoms with E-state index in [4.69, 9.17) is 9.26 Å². The van der Waals surface area contributed by atoms with E-state index in [1.54, 1.807) is 11.0 Å². The van der Waals surface area contributed by atoms with Gasteiger partial charge < -0.3 is 14.2 Å². The highest BCUT2D eigenvalue weighted by molar-refractivity contribution is 7.98. The maximum absolute atomic E-state index is 13.3. The fraction of sp³-hybridized carbons (Fsp3) is 0.400. The van der Waals surface area contributed by atoms with Crippen LogP contribution in [0.2, 0.25) is 0 Å². The van der Waals surface area contributed by atoms with Crippen LogP contribution in [0.1, 0.15) is 41.6 Å². The van der Waals surface area contributed by atoms with E-state index < -0.39 is 10.0 Å². The molecule has 36 heavy (non-hydrogen) atoms. The van der Waals surface area contributed by atoms with Crippen molar-refractivity contribution in [2.45, 2.75) is 36.1 Å². The molecular weight excluding hydrogens is 500 g/mol. The number of thioether (sulfide) groups is 1. The smallest absolute Gasteiger partial charge is 0.255 e. The number of morpholine rings is 1. The van der Waals surface area contributed by atoms with Gasteiger partial charge in [-0.25, -0.2) is 8.42 Å². The maximum atomic E-state index is 13.3. The van der Waals surface area contributed by atoms with Crippen LogP contribution in [0.4, 0.5) is 0 Å². The number of sulfonamides is 1. The minimum Gasteiger partial charge on any atom is -0.378 e. The van der Waals surface area contributed by atoms with Gasteiger partial charge in [0.25, 0.3) is 5.91 Å². The third kappa shape index (κ3) is 5.64. The molecule has 0 N–H and O–H groups in total. The van der Waals surface area contributed by atoms with Gasteiger partial charge in [-0.3, -0.25) is 4.79 Å². The van der Waals surface area contributed by atoms with Crippen LogP contribution >= 0.6 is 11.8 Å². The highest BCUT2D eigenvalue weighted by atomic mass is 32.2. The fourth-order valence-electron chi connectivity index (χ4n) is 3.86. The van der Waals surface area contributed by atoms with E-state index in [0.717, 1.165) is 14.8 Å². The van der Waals surface area contributed by atoms with Crippen molar-refractivity contribution in [3.8, 4) is 11.4 Å². The largest absolute Gasteiger partial charge is 0.378 e. The molecule has 0 aliphatic carbocycles. The zero-order valence-corrected chi connectivity index (χ0v) is 22.4. The van der Waals surface area contributed by atoms with Crippen molar-refractivity contribution in [3.05, 3.63) is 59.5 Å². The molecule has 0 unspecified atom stereocenters. The minimum atomic E-state index is -3.92. The van der Waals surface area contributed by atoms with Crippen molar-refractivity contribution >= 4 is 27.7 Å². The van der Waals surface area contributed by atoms with E-state index in [-0.39, 0.29) is 23.2 Å². The summed E-state index contributed by atoms with van der Waals surface area (Å²) in [6, 6.07) is 12.5. The molecule has 1 aliphatic heterocycles. The van der Waals surface area contributed by atoms with E-state index in [0.29, 0.717) is 43.6 Å². The Balaban J connectivity index is 1.53. The quantitative estimate of drug-likeness (QED) is 0.404. The predicted octanol–water partition coefficient (Wildman–Crippen LogP) is 3.88. The lowest BCUT2D eigenvalue weighted by molar-refractivity contribution is 0.0300. The summed E-state index contributed by atoms with van der Waals surface area (Å²) in [6.45, 7) is 6.02. The van der Waals surface area contributed by atoms with Gasteiger partial charge in [0.2, 0.25) is 21.7 Å². The SMILES string of the molecule is CSc1ccc(S(=O)(=O)N(C)Cc2nc(-c3ccc(C(C)C)cc3)no2)cc1C(=O)N1CCOCC1. The molecule has 1 amide bonds. The first-order valence-electron chi connectivity index (χ1n) is 11.6. The molecular formula is C25H30N4O5S2. The molecule has 0 radical (unpaired) electrons. The summed E-state index contributed by atoms with van der Waals surface area (Å²) in [7, 11) is -2.47. The Kier molecular flexibility index (Phi) is 8.13. The Bertz CT molecular complexity index is 1320. The number of amides is 1. The number of carbonyl (C=O) groups excluding carboxylic acids is 1. The summed E-state index contributed by atoms with van der Waals surface area (Å²) in [5.41, 5.74) is 2.36. The van der Waals surface area contributed by atoms with Gasteiger partial charge >= 0.3 is 0 Å². The van der Waals surface area contributed by atoms with Crippen LogP contribution in [-0.2, 0) is 21.3 Å². The maximum Gasteiger partial charge on any atom is 0.255 e. The van der Waals surface area contributed by atoms with Gasteiger partial charge in [-0.05, 0) is 35.9 Å². The number of ether oxygens (including phenoxy) is 1. The fourth-order valence-corrected chi connectivity index (χ4v) is 5.58. The molecule has 1 aromatic heterocycles. The van der Waals surface area contributed by atoms with Crippen molar-refractivity contribution in [1.29, 1.82) is 0 Å². The molecule has 192 valence electrons. The highest BCUT2D eigenvalue weighted by Gasteiger charge is 2.27. The predicted molar refractivity (Wildman–Crippen MR) is 137 cm³/mol. The second-order valence-electron chi connectivity index (χ2n) is 8.82. The number of nitrogens with zero attached hydrogens (tertiary/aromatic N) is 4. The van der Waals surface area contributed by atoms with Crippen molar-refractivity contribution in [1.82, 2.24) is 19.3 Å². The molecule has 3 aromatic rings. The van der Waals surface area contributed by atoms with Crippen LogP contribution in [0.5, 0.6) is 0 Å². The lowest BCUT2D eigenvalue weighted by Crippen LogP contribution is -2.41. The summed E-state index contributed by atoms with van der Waals surface area (Å²) in [5, 5.41) is 4.01. The van der Waals surface area contributed by atoms with Crippen molar-refractivity contribution in [2.75, 3.05) is 39.6 Å². The van der Waals surface area contributed by atoms with Crippen LogP contribution in [-0.4, -0.2) is 73.3 Å². The van der Waals surface area contributed by atoms with E-state index >= 15 is 0 Å². The van der Waals surface area contributed by atoms with Crippen LogP contribution in [0.3, 0.4) is 0 Å². The zero-order valence-electron chi connectivity index (χ0n) is 20.8. The van der Waals surface area contributed by atoms with E-state index in [9.17, 15) is 13.2 Å². The van der Waals surface area contributed by atoms with E-state index in [1.807, 2.05) is 30.5 Å². The number of aromatic nitrogens is 2. The summed E-state index contributed by atoms with van der Waals surface area (Å²) >= 11 is 1.40. The standard InChI is InChI=1S/C25H30N4O5S2/c1-17(2)18-5-7-19(8-6-18)24-26-23(34-27-24)16-28(3)36(31,32)20-9-10-22(35-4)21(15-20)25(30)29-11-13-33-14-12-29/h5-10,15,17H,11-14,16H2,1-4H3. The number of carbonyl (C=O) groups is 1. The average Bonchev–Trinajstić information content (AvgIpc) is 3.36. The molecule has 9 nitrogen and oxygen atoms in total. The topological polar surface area (TPSA) is 106 Å². The van der Waals surface area contributed by atoms with Crippen molar-refractivity contribution in [2.24, 2.45) is 0 Å². The Morgan fingerprint density at radius 1 is 1.14 bits per heavy atom. The highest BCUT2D eigenvalue weighted by Crippen LogP contribution is 2.27. The Morgan fingerprint density at radius 2 is 1.83 bits per heavy atom. The molecule has 0 spiro atoms. The van der Waals surface area contributed by atoms with Gasteiger partial charge in [0.1, 0.15) is 0 Å². The van der Waals surface area contributed by atoms with Gasteiger partial charge in [0, 0.05) is 30.6 Å². The van der Waals surface area contributed by atoms with Gasteiger partial charge in [-0.1, -0.05) is 43.3 Å². The van der Waals surface area contributed by atoms with Crippen LogP contribution in [0, 0.1) is 0 Å². The number of hydrogen-bond donors (Lipinski definition) is 0. The molecule has 0 bridgehead atoms. The van der Waals surface area contributed by atoms with Gasteiger partial charge in [0.15, 0.2) is 0 Å². The van der Waals surface area contributed by atoms with Crippen LogP contribution in [0.15, 0.2) is 56.8 Å². The second-order valence-corrected chi connectivity index (χ2v) is 11.7. The van der Waals surface area contributed by atoms with Gasteiger partial charge in [0.05, 0.1) is 30.2 Å². The second kappa shape index (κ2) is 11.1. The summed E-state index contributed by atoms with van der Waals surface area (Å²) in [4.78, 5) is 19.9. The first kappa shape index (κ1) is 26.3. The molecule has 11 heteroatoms. The molecule has 4 rings (SSSR count). The molecule has 1 fully saturated rings. The van der Waals surface area contributed by atoms with E-state index in [1.165, 1.54) is 36.5 Å². The summed E-state index contributed by atoms with van der Waals surface area (Å²) < 4.78 is 38.5. The zero-order chi connectivity index (χ0) is 25.9. The molecule has 0 saturated carbocycles. The number of benzene rings is 2. The first-order valence-corrected chi connectivity index (χ1v) is 14.3. The number of hydrogen-bond acceptors (Lipinski definition) is 8. The normalized spacial score (nSPS) is 14.6. The lowest BCUT2D eigenvalue weighted by Gasteiger charge is -2.27. The third-order valence-corrected chi connectivity index (χ3v) is 8.66. The molecule has 1 saturated heterocycles. The van der Waals surface area contributed by atoms with Crippen LogP contribution < -0.4 is 0 Å². The Labute approximate surface area is 215 Å². The van der Waals surface area contributed by atoms with Crippen molar-refractivity contribution < 1.29 is 22.5 Å². The Hall–Kier alpha value is -2.73. The molecule has 1 aliphatic rings. The number of rotatable bonds is 8. The molecule has 2 aromatic carbocycles. The lowest BCUT2D eigenvalue weighted by atomic mass is 10.0. The summed E-state index contributed by atoms with van der Waals surface area (Å²) in [5.74, 6) is 0.781. The van der Waals surface area contributed by atoms with Gasteiger partial charge in [-0.2, -0.15) is 9.29 Å². The first-order chi connectivity index (χ1) is 17.2. The monoisotopic (exact) mass is 530 g/mol. The third-order valence-electron chi connectivity index (χ3n) is 6.07. The summed E-state index contributed by atoms with van der Waals surface area (Å²) in [6.07, 6.45) is 1.86. The molecule has 0 atom stereocenters. The molecule has 2 heterocycles. The van der Waals surface area contributed by atoms with E-state index in [2.05, 4.69) is 24.0 Å².